The van der Waals surface area contributed by atoms with Crippen molar-refractivity contribution in [1.82, 2.24) is 9.97 Å². The first-order valence-corrected chi connectivity index (χ1v) is 8.92. The number of aliphatic hydroxyl groups is 3. The standard InChI is InChI=1S/C16H17ClN4O3S/c17-14-10(2-1-8-3-4-25-7-8)15(21-16(18)20-14)19-11-5-9(6-22)12(23)13(11)24/h3-4,7,9,11-13,22-24H,5-6H2,(H3,18,19,20,21)/t9-,11-,12-,13+/m1/s1. The summed E-state index contributed by atoms with van der Waals surface area (Å²) < 4.78 is 0. The van der Waals surface area contributed by atoms with Gasteiger partial charge in [-0.05, 0) is 17.9 Å². The summed E-state index contributed by atoms with van der Waals surface area (Å²) in [5, 5.41) is 36.3. The number of nitrogens with two attached hydrogens (primary N) is 1. The molecule has 2 aromatic rings. The Morgan fingerprint density at radius 2 is 2.12 bits per heavy atom. The minimum Gasteiger partial charge on any atom is -0.396 e. The molecule has 9 heteroatoms. The van der Waals surface area contributed by atoms with Crippen LogP contribution in [0.4, 0.5) is 11.8 Å². The molecule has 4 atom stereocenters. The molecule has 2 aromatic heterocycles. The quantitative estimate of drug-likeness (QED) is 0.392. The third-order valence-electron chi connectivity index (χ3n) is 4.09. The lowest BCUT2D eigenvalue weighted by Crippen LogP contribution is -2.35. The van der Waals surface area contributed by atoms with Crippen LogP contribution in [0.25, 0.3) is 0 Å². The van der Waals surface area contributed by atoms with Crippen LogP contribution < -0.4 is 11.1 Å². The number of nitrogens with one attached hydrogen (secondary N) is 1. The number of anilines is 2. The molecule has 2 heterocycles. The molecular weight excluding hydrogens is 364 g/mol. The van der Waals surface area contributed by atoms with Crippen LogP contribution >= 0.6 is 22.9 Å². The zero-order chi connectivity index (χ0) is 18.0. The molecule has 0 saturated heterocycles. The molecule has 7 nitrogen and oxygen atoms in total. The van der Waals surface area contributed by atoms with E-state index in [1.165, 1.54) is 11.3 Å². The molecule has 0 bridgehead atoms. The van der Waals surface area contributed by atoms with Crippen LogP contribution in [0.1, 0.15) is 17.5 Å². The maximum Gasteiger partial charge on any atom is 0.223 e. The van der Waals surface area contributed by atoms with E-state index in [0.29, 0.717) is 12.0 Å². The first kappa shape index (κ1) is 17.9. The average molecular weight is 381 g/mol. The maximum absolute atomic E-state index is 10.2. The van der Waals surface area contributed by atoms with Gasteiger partial charge in [0, 0.05) is 23.5 Å². The Hall–Kier alpha value is -1.89. The fourth-order valence-electron chi connectivity index (χ4n) is 2.76. The smallest absolute Gasteiger partial charge is 0.223 e. The average Bonchev–Trinajstić information content (AvgIpc) is 3.18. The Morgan fingerprint density at radius 1 is 1.32 bits per heavy atom. The van der Waals surface area contributed by atoms with Gasteiger partial charge in [-0.15, -0.1) is 0 Å². The van der Waals surface area contributed by atoms with Gasteiger partial charge in [0.15, 0.2) is 5.15 Å². The van der Waals surface area contributed by atoms with E-state index in [0.717, 1.165) is 5.56 Å². The minimum atomic E-state index is -1.05. The molecule has 1 saturated carbocycles. The van der Waals surface area contributed by atoms with Crippen molar-refractivity contribution in [3.8, 4) is 11.8 Å². The molecule has 0 amide bonds. The van der Waals surface area contributed by atoms with Crippen molar-refractivity contribution in [2.24, 2.45) is 5.92 Å². The molecule has 1 fully saturated rings. The Kier molecular flexibility index (Phi) is 5.42. The largest absolute Gasteiger partial charge is 0.396 e. The van der Waals surface area contributed by atoms with Crippen LogP contribution in [0, 0.1) is 17.8 Å². The van der Waals surface area contributed by atoms with E-state index in [4.69, 9.17) is 17.3 Å². The minimum absolute atomic E-state index is 0.0275. The van der Waals surface area contributed by atoms with Gasteiger partial charge >= 0.3 is 0 Å². The second-order valence-corrected chi connectivity index (χ2v) is 6.91. The fraction of sp³-hybridized carbons (Fsp3) is 0.375. The molecule has 3 rings (SSSR count). The highest BCUT2D eigenvalue weighted by Gasteiger charge is 2.41. The summed E-state index contributed by atoms with van der Waals surface area (Å²) in [6, 6.07) is 1.36. The van der Waals surface area contributed by atoms with Crippen LogP contribution in [0.3, 0.4) is 0 Å². The van der Waals surface area contributed by atoms with E-state index in [1.54, 1.807) is 0 Å². The summed E-state index contributed by atoms with van der Waals surface area (Å²) in [6.07, 6.45) is -1.69. The summed E-state index contributed by atoms with van der Waals surface area (Å²) in [4.78, 5) is 8.04. The third-order valence-corrected chi connectivity index (χ3v) is 5.05. The molecule has 0 radical (unpaired) electrons. The van der Waals surface area contributed by atoms with Crippen LogP contribution in [-0.2, 0) is 0 Å². The van der Waals surface area contributed by atoms with Gasteiger partial charge in [0.2, 0.25) is 5.95 Å². The van der Waals surface area contributed by atoms with Gasteiger partial charge in [0.25, 0.3) is 0 Å². The Balaban J connectivity index is 1.90. The summed E-state index contributed by atoms with van der Waals surface area (Å²) in [6.45, 7) is -0.214. The predicted molar refractivity (Wildman–Crippen MR) is 96.4 cm³/mol. The lowest BCUT2D eigenvalue weighted by molar-refractivity contribution is 0.00445. The number of aromatic nitrogens is 2. The molecule has 6 N–H and O–H groups in total. The van der Waals surface area contributed by atoms with E-state index in [1.807, 2.05) is 16.8 Å². The van der Waals surface area contributed by atoms with Crippen molar-refractivity contribution in [2.45, 2.75) is 24.7 Å². The Bertz CT molecular complexity index is 806. The second-order valence-electron chi connectivity index (χ2n) is 5.77. The highest BCUT2D eigenvalue weighted by molar-refractivity contribution is 7.08. The number of halogens is 1. The third kappa shape index (κ3) is 3.86. The maximum atomic E-state index is 10.2. The lowest BCUT2D eigenvalue weighted by atomic mass is 10.1. The highest BCUT2D eigenvalue weighted by Crippen LogP contribution is 2.30. The van der Waals surface area contributed by atoms with Crippen molar-refractivity contribution < 1.29 is 15.3 Å². The molecule has 1 aliphatic rings. The number of nitrogen functional groups attached to an aromatic ring is 1. The molecule has 25 heavy (non-hydrogen) atoms. The van der Waals surface area contributed by atoms with Gasteiger partial charge in [-0.1, -0.05) is 23.4 Å². The SMILES string of the molecule is Nc1nc(Cl)c(C#Cc2ccsc2)c(N[C@@H]2C[C@H](CO)[C@@H](O)[C@H]2O)n1. The van der Waals surface area contributed by atoms with E-state index in [2.05, 4.69) is 27.1 Å². The van der Waals surface area contributed by atoms with Gasteiger partial charge in [-0.25, -0.2) is 0 Å². The van der Waals surface area contributed by atoms with Crippen molar-refractivity contribution in [1.29, 1.82) is 0 Å². The van der Waals surface area contributed by atoms with Gasteiger partial charge < -0.3 is 26.4 Å². The normalized spacial score (nSPS) is 25.4. The van der Waals surface area contributed by atoms with Crippen molar-refractivity contribution >= 4 is 34.7 Å². The Morgan fingerprint density at radius 3 is 2.76 bits per heavy atom. The fourth-order valence-corrected chi connectivity index (χ4v) is 3.57. The monoisotopic (exact) mass is 380 g/mol. The predicted octanol–water partition coefficient (Wildman–Crippen LogP) is 0.688. The van der Waals surface area contributed by atoms with E-state index in [9.17, 15) is 15.3 Å². The first-order valence-electron chi connectivity index (χ1n) is 7.60. The number of thiophene rings is 1. The zero-order valence-electron chi connectivity index (χ0n) is 13.1. The summed E-state index contributed by atoms with van der Waals surface area (Å²) in [5.41, 5.74) is 6.86. The van der Waals surface area contributed by atoms with Crippen LogP contribution in [0.15, 0.2) is 16.8 Å². The summed E-state index contributed by atoms with van der Waals surface area (Å²) >= 11 is 7.69. The van der Waals surface area contributed by atoms with Crippen molar-refractivity contribution in [3.63, 3.8) is 0 Å². The van der Waals surface area contributed by atoms with Crippen molar-refractivity contribution in [2.75, 3.05) is 17.7 Å². The molecule has 132 valence electrons. The van der Waals surface area contributed by atoms with E-state index in [-0.39, 0.29) is 23.5 Å². The summed E-state index contributed by atoms with van der Waals surface area (Å²) in [7, 11) is 0. The van der Waals surface area contributed by atoms with Gasteiger partial charge in [-0.3, -0.25) is 0 Å². The molecule has 0 unspecified atom stereocenters. The number of aliphatic hydroxyl groups excluding tert-OH is 3. The van der Waals surface area contributed by atoms with Crippen molar-refractivity contribution in [3.05, 3.63) is 33.1 Å². The molecule has 1 aliphatic carbocycles. The van der Waals surface area contributed by atoms with E-state index >= 15 is 0 Å². The van der Waals surface area contributed by atoms with E-state index < -0.39 is 24.2 Å². The summed E-state index contributed by atoms with van der Waals surface area (Å²) in [5.74, 6) is 5.74. The van der Waals surface area contributed by atoms with Gasteiger partial charge in [0.1, 0.15) is 17.5 Å². The number of hydrogen-bond acceptors (Lipinski definition) is 8. The lowest BCUT2D eigenvalue weighted by Gasteiger charge is -2.19. The number of hydrogen-bond donors (Lipinski definition) is 5. The van der Waals surface area contributed by atoms with Gasteiger partial charge in [0.05, 0.1) is 12.1 Å². The first-order chi connectivity index (χ1) is 12.0. The molecule has 0 aromatic carbocycles. The van der Waals surface area contributed by atoms with Gasteiger partial charge in [-0.2, -0.15) is 21.3 Å². The van der Waals surface area contributed by atoms with Crippen LogP contribution in [0.2, 0.25) is 5.15 Å². The number of nitrogens with zero attached hydrogens (tertiary/aromatic N) is 2. The Labute approximate surface area is 153 Å². The van der Waals surface area contributed by atoms with Crippen LogP contribution in [0.5, 0.6) is 0 Å². The van der Waals surface area contributed by atoms with Crippen LogP contribution in [-0.4, -0.2) is 50.1 Å². The molecular formula is C16H17ClN4O3S. The topological polar surface area (TPSA) is 125 Å². The highest BCUT2D eigenvalue weighted by atomic mass is 35.5. The second kappa shape index (κ2) is 7.56. The molecule has 0 spiro atoms. The number of rotatable bonds is 3. The molecule has 0 aliphatic heterocycles. The zero-order valence-corrected chi connectivity index (χ0v) is 14.6.